The summed E-state index contributed by atoms with van der Waals surface area (Å²) in [6.45, 7) is 2.70. The maximum Gasteiger partial charge on any atom is 0.140 e. The number of hydrogen-bond acceptors (Lipinski definition) is 2. The molecular weight excluding hydrogens is 236 g/mol. The molecular formula is C14H15F2NO. The zero-order valence-corrected chi connectivity index (χ0v) is 9.96. The summed E-state index contributed by atoms with van der Waals surface area (Å²) >= 11 is 0. The van der Waals surface area contributed by atoms with Gasteiger partial charge in [0.15, 0.2) is 0 Å². The number of fused-ring (bicyclic) bond motifs is 1. The van der Waals surface area contributed by atoms with Crippen LogP contribution in [0.5, 0.6) is 0 Å². The summed E-state index contributed by atoms with van der Waals surface area (Å²) in [5.41, 5.74) is 2.24. The molecule has 96 valence electrons. The third-order valence-electron chi connectivity index (χ3n) is 2.97. The fourth-order valence-electron chi connectivity index (χ4n) is 1.96. The Hall–Kier alpha value is -1.68. The lowest BCUT2D eigenvalue weighted by atomic mass is 9.97. The molecule has 18 heavy (non-hydrogen) atoms. The average Bonchev–Trinajstić information content (AvgIpc) is 2.84. The van der Waals surface area contributed by atoms with E-state index in [0.29, 0.717) is 5.57 Å². The lowest BCUT2D eigenvalue weighted by Crippen LogP contribution is -2.29. The molecule has 0 radical (unpaired) electrons. The van der Waals surface area contributed by atoms with Gasteiger partial charge in [-0.05, 0) is 29.7 Å². The van der Waals surface area contributed by atoms with E-state index in [9.17, 15) is 8.78 Å². The van der Waals surface area contributed by atoms with Gasteiger partial charge in [0.05, 0.1) is 12.9 Å². The highest BCUT2D eigenvalue weighted by Crippen LogP contribution is 2.24. The van der Waals surface area contributed by atoms with Gasteiger partial charge in [0.2, 0.25) is 0 Å². The first-order valence-electron chi connectivity index (χ1n) is 5.78. The van der Waals surface area contributed by atoms with Crippen molar-refractivity contribution >= 4 is 16.5 Å². The number of halogens is 2. The first-order chi connectivity index (χ1) is 8.76. The van der Waals surface area contributed by atoms with Crippen LogP contribution in [0.2, 0.25) is 0 Å². The molecule has 1 N–H and O–H groups in total. The highest BCUT2D eigenvalue weighted by Gasteiger charge is 2.14. The largest absolute Gasteiger partial charge is 0.464 e. The monoisotopic (exact) mass is 251 g/mol. The zero-order chi connectivity index (χ0) is 13.0. The molecule has 0 aliphatic carbocycles. The van der Waals surface area contributed by atoms with Crippen LogP contribution in [0.15, 0.2) is 41.5 Å². The van der Waals surface area contributed by atoms with Crippen LogP contribution in [0.4, 0.5) is 8.78 Å². The first-order valence-corrected chi connectivity index (χ1v) is 5.78. The standard InChI is InChI=1S/C14H15F2NO/c1-10(13(4-6-15)17-9-16)12-3-2-11-5-7-18-14(11)8-12/h2-3,5,7-8,13,17H,1,4,6,9H2. The zero-order valence-electron chi connectivity index (χ0n) is 9.96. The van der Waals surface area contributed by atoms with Gasteiger partial charge in [-0.2, -0.15) is 0 Å². The molecule has 4 heteroatoms. The number of benzene rings is 1. The van der Waals surface area contributed by atoms with Crippen molar-refractivity contribution in [2.75, 3.05) is 13.5 Å². The smallest absolute Gasteiger partial charge is 0.140 e. The van der Waals surface area contributed by atoms with Gasteiger partial charge in [-0.1, -0.05) is 18.7 Å². The van der Waals surface area contributed by atoms with E-state index in [1.165, 1.54) is 0 Å². The van der Waals surface area contributed by atoms with Gasteiger partial charge in [0.25, 0.3) is 0 Å². The minimum absolute atomic E-state index is 0.207. The topological polar surface area (TPSA) is 25.2 Å². The Bertz CT molecular complexity index is 529. The normalized spacial score (nSPS) is 12.8. The van der Waals surface area contributed by atoms with E-state index in [2.05, 4.69) is 11.9 Å². The van der Waals surface area contributed by atoms with Crippen molar-refractivity contribution < 1.29 is 13.2 Å². The maximum absolute atomic E-state index is 12.4. The van der Waals surface area contributed by atoms with Crippen LogP contribution in [0.25, 0.3) is 16.5 Å². The fraction of sp³-hybridized carbons (Fsp3) is 0.286. The van der Waals surface area contributed by atoms with Gasteiger partial charge >= 0.3 is 0 Å². The maximum atomic E-state index is 12.4. The Morgan fingerprint density at radius 2 is 2.17 bits per heavy atom. The predicted octanol–water partition coefficient (Wildman–Crippen LogP) is 3.69. The van der Waals surface area contributed by atoms with Crippen molar-refractivity contribution in [3.05, 3.63) is 42.7 Å². The summed E-state index contributed by atoms with van der Waals surface area (Å²) < 4.78 is 30.1. The lowest BCUT2D eigenvalue weighted by molar-refractivity contribution is 0.371. The molecule has 0 fully saturated rings. The highest BCUT2D eigenvalue weighted by molar-refractivity contribution is 5.82. The number of hydrogen-bond donors (Lipinski definition) is 1. The molecule has 0 saturated heterocycles. The van der Waals surface area contributed by atoms with Crippen LogP contribution in [-0.2, 0) is 0 Å². The van der Waals surface area contributed by atoms with Crippen LogP contribution >= 0.6 is 0 Å². The van der Waals surface area contributed by atoms with Gasteiger partial charge in [-0.25, -0.2) is 4.39 Å². The number of furan rings is 1. The molecule has 2 rings (SSSR count). The van der Waals surface area contributed by atoms with Gasteiger partial charge in [0, 0.05) is 11.4 Å². The Morgan fingerprint density at radius 3 is 2.89 bits per heavy atom. The van der Waals surface area contributed by atoms with Crippen molar-refractivity contribution in [1.82, 2.24) is 5.32 Å². The predicted molar refractivity (Wildman–Crippen MR) is 68.7 cm³/mol. The Balaban J connectivity index is 2.24. The third kappa shape index (κ3) is 2.59. The van der Waals surface area contributed by atoms with Crippen LogP contribution in [-0.4, -0.2) is 19.5 Å². The van der Waals surface area contributed by atoms with Gasteiger partial charge in [-0.15, -0.1) is 0 Å². The van der Waals surface area contributed by atoms with E-state index in [-0.39, 0.29) is 6.42 Å². The van der Waals surface area contributed by atoms with Gasteiger partial charge in [-0.3, -0.25) is 9.71 Å². The molecule has 1 unspecified atom stereocenters. The Morgan fingerprint density at radius 1 is 1.33 bits per heavy atom. The molecule has 0 bridgehead atoms. The quantitative estimate of drug-likeness (QED) is 0.792. The first kappa shape index (κ1) is 12.8. The molecule has 1 atom stereocenters. The molecule has 0 saturated carbocycles. The van der Waals surface area contributed by atoms with Crippen molar-refractivity contribution in [2.24, 2.45) is 0 Å². The van der Waals surface area contributed by atoms with E-state index in [1.54, 1.807) is 6.26 Å². The summed E-state index contributed by atoms with van der Waals surface area (Å²) in [6, 6.07) is 7.09. The van der Waals surface area contributed by atoms with Crippen molar-refractivity contribution in [3.63, 3.8) is 0 Å². The number of nitrogens with one attached hydrogen (secondary N) is 1. The summed E-state index contributed by atoms with van der Waals surface area (Å²) in [4.78, 5) is 0. The van der Waals surface area contributed by atoms with E-state index in [0.717, 1.165) is 16.5 Å². The summed E-state index contributed by atoms with van der Waals surface area (Å²) in [6.07, 6.45) is 1.81. The fourth-order valence-corrected chi connectivity index (χ4v) is 1.96. The minimum Gasteiger partial charge on any atom is -0.464 e. The Labute approximate surface area is 104 Å². The van der Waals surface area contributed by atoms with E-state index < -0.39 is 19.5 Å². The second-order valence-corrected chi connectivity index (χ2v) is 4.07. The minimum atomic E-state index is -0.702. The van der Waals surface area contributed by atoms with Crippen LogP contribution in [0.3, 0.4) is 0 Å². The second kappa shape index (κ2) is 5.78. The molecule has 0 spiro atoms. The van der Waals surface area contributed by atoms with E-state index >= 15 is 0 Å². The van der Waals surface area contributed by atoms with Crippen molar-refractivity contribution in [2.45, 2.75) is 12.5 Å². The molecule has 0 aliphatic heterocycles. The highest BCUT2D eigenvalue weighted by atomic mass is 19.1. The number of alkyl halides is 2. The molecule has 1 heterocycles. The number of rotatable bonds is 6. The summed E-state index contributed by atoms with van der Waals surface area (Å²) in [5, 5.41) is 3.58. The summed E-state index contributed by atoms with van der Waals surface area (Å²) in [5.74, 6) is 0. The molecule has 2 nitrogen and oxygen atoms in total. The molecule has 0 aliphatic rings. The van der Waals surface area contributed by atoms with Crippen LogP contribution in [0.1, 0.15) is 12.0 Å². The van der Waals surface area contributed by atoms with Gasteiger partial charge < -0.3 is 4.42 Å². The van der Waals surface area contributed by atoms with Crippen molar-refractivity contribution in [1.29, 1.82) is 0 Å². The third-order valence-corrected chi connectivity index (χ3v) is 2.97. The Kier molecular flexibility index (Phi) is 4.10. The van der Waals surface area contributed by atoms with E-state index in [4.69, 9.17) is 4.42 Å². The molecule has 1 aromatic heterocycles. The van der Waals surface area contributed by atoms with Gasteiger partial charge in [0.1, 0.15) is 12.4 Å². The summed E-state index contributed by atoms with van der Waals surface area (Å²) in [7, 11) is 0. The average molecular weight is 251 g/mol. The van der Waals surface area contributed by atoms with Crippen LogP contribution in [0, 0.1) is 0 Å². The molecule has 1 aromatic carbocycles. The lowest BCUT2D eigenvalue weighted by Gasteiger charge is -2.18. The van der Waals surface area contributed by atoms with Crippen LogP contribution < -0.4 is 5.32 Å². The molecule has 0 amide bonds. The molecule has 2 aromatic rings. The van der Waals surface area contributed by atoms with Crippen molar-refractivity contribution in [3.8, 4) is 0 Å². The SMILES string of the molecule is C=C(c1ccc2ccoc2c1)C(CCF)NCF. The second-order valence-electron chi connectivity index (χ2n) is 4.07. The van der Waals surface area contributed by atoms with E-state index in [1.807, 2.05) is 24.3 Å².